The lowest BCUT2D eigenvalue weighted by atomic mass is 10.1. The topological polar surface area (TPSA) is 18.5 Å². The van der Waals surface area contributed by atoms with Crippen molar-refractivity contribution in [2.75, 3.05) is 14.2 Å². The van der Waals surface area contributed by atoms with Gasteiger partial charge in [0.15, 0.2) is 6.29 Å². The van der Waals surface area contributed by atoms with Crippen LogP contribution < -0.4 is 0 Å². The Hall–Kier alpha value is -0.860. The fourth-order valence-corrected chi connectivity index (χ4v) is 2.26. The Morgan fingerprint density at radius 3 is 1.86 bits per heavy atom. The minimum atomic E-state index is -0.0200. The Kier molecular flexibility index (Phi) is 17.5. The number of unbranched alkanes of at least 4 members (excludes halogenated alkanes) is 5. The Morgan fingerprint density at radius 1 is 0.682 bits per heavy atom. The van der Waals surface area contributed by atoms with Crippen molar-refractivity contribution in [1.29, 1.82) is 0 Å². The van der Waals surface area contributed by atoms with Crippen LogP contribution in [0.1, 0.15) is 71.1 Å². The van der Waals surface area contributed by atoms with Gasteiger partial charge in [-0.2, -0.15) is 0 Å². The summed E-state index contributed by atoms with van der Waals surface area (Å²) < 4.78 is 10.4. The highest BCUT2D eigenvalue weighted by atomic mass is 16.7. The summed E-state index contributed by atoms with van der Waals surface area (Å²) in [5, 5.41) is 0. The van der Waals surface area contributed by atoms with E-state index in [2.05, 4.69) is 43.4 Å². The van der Waals surface area contributed by atoms with Gasteiger partial charge in [-0.1, -0.05) is 62.6 Å². The van der Waals surface area contributed by atoms with Gasteiger partial charge in [0, 0.05) is 14.2 Å². The summed E-state index contributed by atoms with van der Waals surface area (Å²) in [5.74, 6) is 0. The number of ether oxygens (including phenoxy) is 2. The number of methoxy groups -OCH3 is 2. The molecule has 0 aromatic carbocycles. The molecule has 0 rings (SSSR count). The van der Waals surface area contributed by atoms with Crippen LogP contribution in [-0.2, 0) is 9.47 Å². The van der Waals surface area contributed by atoms with Gasteiger partial charge in [0.05, 0.1) is 0 Å². The molecule has 0 amide bonds. The van der Waals surface area contributed by atoms with Crippen molar-refractivity contribution >= 4 is 0 Å². The molecule has 0 aliphatic rings. The Labute approximate surface area is 138 Å². The summed E-state index contributed by atoms with van der Waals surface area (Å²) in [7, 11) is 3.41. The van der Waals surface area contributed by atoms with E-state index in [0.717, 1.165) is 25.7 Å². The van der Waals surface area contributed by atoms with Crippen LogP contribution in [0.25, 0.3) is 0 Å². The second-order valence-corrected chi connectivity index (χ2v) is 5.54. The molecule has 0 aliphatic carbocycles. The second-order valence-electron chi connectivity index (χ2n) is 5.54. The molecule has 2 heteroatoms. The highest BCUT2D eigenvalue weighted by Gasteiger charge is 2.03. The summed E-state index contributed by atoms with van der Waals surface area (Å²) in [6, 6.07) is 0. The van der Waals surface area contributed by atoms with Crippen LogP contribution in [0, 0.1) is 0 Å². The Morgan fingerprint density at radius 2 is 1.23 bits per heavy atom. The molecule has 0 aliphatic heterocycles. The average Bonchev–Trinajstić information content (AvgIpc) is 2.55. The van der Waals surface area contributed by atoms with Crippen molar-refractivity contribution in [3.05, 3.63) is 36.5 Å². The number of hydrogen-bond donors (Lipinski definition) is 0. The maximum Gasteiger partial charge on any atom is 0.156 e. The molecule has 0 radical (unpaired) electrons. The summed E-state index contributed by atoms with van der Waals surface area (Å²) in [6.45, 7) is 2.17. The van der Waals surface area contributed by atoms with E-state index in [0.29, 0.717) is 0 Å². The molecule has 0 saturated heterocycles. The van der Waals surface area contributed by atoms with Gasteiger partial charge in [0.1, 0.15) is 0 Å². The molecule has 0 aromatic heterocycles. The lowest BCUT2D eigenvalue weighted by molar-refractivity contribution is -0.107. The predicted octanol–water partition coefficient (Wildman–Crippen LogP) is 6.19. The fraction of sp³-hybridized carbons (Fsp3) is 0.700. The van der Waals surface area contributed by atoms with E-state index in [1.807, 2.05) is 0 Å². The van der Waals surface area contributed by atoms with E-state index in [1.54, 1.807) is 14.2 Å². The summed E-state index contributed by atoms with van der Waals surface area (Å²) >= 11 is 0. The average molecular weight is 309 g/mol. The van der Waals surface area contributed by atoms with Crippen molar-refractivity contribution in [3.8, 4) is 0 Å². The number of hydrogen-bond acceptors (Lipinski definition) is 2. The van der Waals surface area contributed by atoms with Gasteiger partial charge in [0.25, 0.3) is 0 Å². The van der Waals surface area contributed by atoms with Crippen molar-refractivity contribution in [3.63, 3.8) is 0 Å². The SMILES string of the molecule is CC/C=C/C/C=C/C/C=C/CCCCCCCC(OC)OC. The van der Waals surface area contributed by atoms with E-state index in [9.17, 15) is 0 Å². The zero-order valence-corrected chi connectivity index (χ0v) is 14.9. The van der Waals surface area contributed by atoms with Gasteiger partial charge in [-0.15, -0.1) is 0 Å². The van der Waals surface area contributed by atoms with Gasteiger partial charge in [-0.05, 0) is 44.9 Å². The molecule has 0 heterocycles. The van der Waals surface area contributed by atoms with Gasteiger partial charge in [-0.25, -0.2) is 0 Å². The van der Waals surface area contributed by atoms with E-state index < -0.39 is 0 Å². The molecule has 2 nitrogen and oxygen atoms in total. The molecular weight excluding hydrogens is 272 g/mol. The van der Waals surface area contributed by atoms with Gasteiger partial charge in [-0.3, -0.25) is 0 Å². The van der Waals surface area contributed by atoms with Crippen molar-refractivity contribution in [2.45, 2.75) is 77.4 Å². The van der Waals surface area contributed by atoms with E-state index in [-0.39, 0.29) is 6.29 Å². The molecular formula is C20H36O2. The molecule has 0 aromatic rings. The van der Waals surface area contributed by atoms with E-state index >= 15 is 0 Å². The highest BCUT2D eigenvalue weighted by Crippen LogP contribution is 2.10. The zero-order chi connectivity index (χ0) is 16.3. The van der Waals surface area contributed by atoms with Crippen LogP contribution >= 0.6 is 0 Å². The molecule has 0 fully saturated rings. The van der Waals surface area contributed by atoms with Gasteiger partial charge >= 0.3 is 0 Å². The van der Waals surface area contributed by atoms with Crippen molar-refractivity contribution in [1.82, 2.24) is 0 Å². The van der Waals surface area contributed by atoms with Crippen LogP contribution in [0.4, 0.5) is 0 Å². The molecule has 22 heavy (non-hydrogen) atoms. The third kappa shape index (κ3) is 15.5. The zero-order valence-electron chi connectivity index (χ0n) is 14.9. The minimum Gasteiger partial charge on any atom is -0.356 e. The maximum atomic E-state index is 5.18. The lowest BCUT2D eigenvalue weighted by Crippen LogP contribution is -2.12. The van der Waals surface area contributed by atoms with Gasteiger partial charge < -0.3 is 9.47 Å². The first-order valence-corrected chi connectivity index (χ1v) is 8.85. The maximum absolute atomic E-state index is 5.18. The summed E-state index contributed by atoms with van der Waals surface area (Å²) in [4.78, 5) is 0. The number of allylic oxidation sites excluding steroid dienone is 6. The predicted molar refractivity (Wildman–Crippen MR) is 97.1 cm³/mol. The smallest absolute Gasteiger partial charge is 0.156 e. The van der Waals surface area contributed by atoms with Crippen molar-refractivity contribution < 1.29 is 9.47 Å². The molecule has 0 N–H and O–H groups in total. The summed E-state index contributed by atoms with van der Waals surface area (Å²) in [5.41, 5.74) is 0. The molecule has 0 unspecified atom stereocenters. The van der Waals surface area contributed by atoms with Gasteiger partial charge in [0.2, 0.25) is 0 Å². The molecule has 0 spiro atoms. The Bertz CT molecular complexity index is 288. The van der Waals surface area contributed by atoms with E-state index in [1.165, 1.54) is 38.5 Å². The van der Waals surface area contributed by atoms with Crippen LogP contribution in [0.3, 0.4) is 0 Å². The minimum absolute atomic E-state index is 0.0200. The molecule has 0 atom stereocenters. The third-order valence-corrected chi connectivity index (χ3v) is 3.62. The molecule has 0 saturated carbocycles. The fourth-order valence-electron chi connectivity index (χ4n) is 2.26. The first-order chi connectivity index (χ1) is 10.8. The van der Waals surface area contributed by atoms with Crippen LogP contribution in [0.2, 0.25) is 0 Å². The Balaban J connectivity index is 3.28. The monoisotopic (exact) mass is 308 g/mol. The van der Waals surface area contributed by atoms with E-state index in [4.69, 9.17) is 9.47 Å². The normalized spacial score (nSPS) is 12.5. The number of rotatable bonds is 15. The molecule has 128 valence electrons. The van der Waals surface area contributed by atoms with Crippen LogP contribution in [-0.4, -0.2) is 20.5 Å². The largest absolute Gasteiger partial charge is 0.356 e. The first-order valence-electron chi connectivity index (χ1n) is 8.85. The van der Waals surface area contributed by atoms with Crippen LogP contribution in [0.15, 0.2) is 36.5 Å². The second kappa shape index (κ2) is 18.2. The van der Waals surface area contributed by atoms with Crippen molar-refractivity contribution in [2.24, 2.45) is 0 Å². The standard InChI is InChI=1S/C20H36O2/c1-4-5-6-7-8-9-10-11-12-13-14-15-16-17-18-19-20(21-2)22-3/h5-6,8-9,11-12,20H,4,7,10,13-19H2,1-3H3/b6-5+,9-8+,12-11+. The first kappa shape index (κ1) is 21.1. The quantitative estimate of drug-likeness (QED) is 0.204. The third-order valence-electron chi connectivity index (χ3n) is 3.62. The summed E-state index contributed by atoms with van der Waals surface area (Å²) in [6.07, 6.45) is 25.4. The van der Waals surface area contributed by atoms with Crippen LogP contribution in [0.5, 0.6) is 0 Å². The lowest BCUT2D eigenvalue weighted by Gasteiger charge is -2.12. The molecule has 0 bridgehead atoms. The highest BCUT2D eigenvalue weighted by molar-refractivity contribution is 4.96.